The molecule has 0 spiro atoms. The number of rotatable bonds is 9. The van der Waals surface area contributed by atoms with E-state index in [2.05, 4.69) is 4.98 Å². The van der Waals surface area contributed by atoms with Gasteiger partial charge < -0.3 is 18.8 Å². The second-order valence-corrected chi connectivity index (χ2v) is 6.81. The highest BCUT2D eigenvalue weighted by molar-refractivity contribution is 5.76. The van der Waals surface area contributed by atoms with E-state index in [4.69, 9.17) is 13.9 Å². The van der Waals surface area contributed by atoms with Crippen LogP contribution in [0.4, 0.5) is 8.78 Å². The Kier molecular flexibility index (Phi) is 7.23. The number of hydrogen-bond acceptors (Lipinski definition) is 5. The predicted molar refractivity (Wildman–Crippen MR) is 111 cm³/mol. The lowest BCUT2D eigenvalue weighted by atomic mass is 10.1. The Morgan fingerprint density at radius 3 is 2.45 bits per heavy atom. The van der Waals surface area contributed by atoms with Gasteiger partial charge in [0.2, 0.25) is 5.91 Å². The first-order valence-corrected chi connectivity index (χ1v) is 9.84. The number of benzene rings is 2. The van der Waals surface area contributed by atoms with E-state index in [9.17, 15) is 13.6 Å². The minimum atomic E-state index is -0.731. The first-order chi connectivity index (χ1) is 15.0. The monoisotopic (exact) mass is 430 g/mol. The summed E-state index contributed by atoms with van der Waals surface area (Å²) >= 11 is 0. The summed E-state index contributed by atoms with van der Waals surface area (Å²) in [7, 11) is 3.12. The molecule has 164 valence electrons. The van der Waals surface area contributed by atoms with Crippen molar-refractivity contribution < 1.29 is 27.5 Å². The second kappa shape index (κ2) is 10.1. The molecule has 0 unspecified atom stereocenters. The second-order valence-electron chi connectivity index (χ2n) is 6.81. The van der Waals surface area contributed by atoms with Crippen LogP contribution in [0.1, 0.15) is 24.8 Å². The van der Waals surface area contributed by atoms with Gasteiger partial charge in [0.05, 0.1) is 26.0 Å². The minimum Gasteiger partial charge on any atom is -0.493 e. The zero-order chi connectivity index (χ0) is 22.4. The summed E-state index contributed by atoms with van der Waals surface area (Å²) in [5.74, 6) is -0.0995. The molecule has 1 aromatic heterocycles. The molecule has 0 saturated heterocycles. The molecule has 0 saturated carbocycles. The van der Waals surface area contributed by atoms with Gasteiger partial charge in [-0.15, -0.1) is 0 Å². The van der Waals surface area contributed by atoms with Gasteiger partial charge in [0.25, 0.3) is 0 Å². The van der Waals surface area contributed by atoms with Crippen LogP contribution in [0.3, 0.4) is 0 Å². The van der Waals surface area contributed by atoms with Crippen molar-refractivity contribution in [2.75, 3.05) is 20.8 Å². The molecular formula is C23H24F2N2O4. The molecule has 0 atom stereocenters. The molecule has 0 aliphatic carbocycles. The van der Waals surface area contributed by atoms with E-state index < -0.39 is 11.6 Å². The third-order valence-corrected chi connectivity index (χ3v) is 4.87. The summed E-state index contributed by atoms with van der Waals surface area (Å²) in [6.07, 6.45) is 1.64. The van der Waals surface area contributed by atoms with Gasteiger partial charge in [0.1, 0.15) is 11.6 Å². The number of halogens is 2. The van der Waals surface area contributed by atoms with Gasteiger partial charge in [-0.25, -0.2) is 13.8 Å². The van der Waals surface area contributed by atoms with E-state index >= 15 is 0 Å². The van der Waals surface area contributed by atoms with Crippen molar-refractivity contribution in [2.24, 2.45) is 0 Å². The number of carbonyl (C=O) groups is 1. The molecule has 0 aliphatic heterocycles. The first kappa shape index (κ1) is 22.3. The lowest BCUT2D eigenvalue weighted by Crippen LogP contribution is -2.30. The number of carbonyl (C=O) groups excluding carboxylic acids is 1. The Balaban J connectivity index is 1.64. The van der Waals surface area contributed by atoms with E-state index in [0.29, 0.717) is 24.6 Å². The number of oxazole rings is 1. The smallest absolute Gasteiger partial charge is 0.223 e. The molecule has 1 amide bonds. The molecular weight excluding hydrogens is 406 g/mol. The largest absolute Gasteiger partial charge is 0.493 e. The third kappa shape index (κ3) is 5.20. The molecule has 2 aromatic carbocycles. The third-order valence-electron chi connectivity index (χ3n) is 4.87. The number of ether oxygens (including phenoxy) is 2. The summed E-state index contributed by atoms with van der Waals surface area (Å²) in [4.78, 5) is 18.4. The van der Waals surface area contributed by atoms with Crippen molar-refractivity contribution in [3.8, 4) is 22.8 Å². The number of aryl methyl sites for hydroxylation is 1. The fraction of sp³-hybridized carbons (Fsp3) is 0.304. The van der Waals surface area contributed by atoms with Crippen LogP contribution in [-0.4, -0.2) is 36.6 Å². The van der Waals surface area contributed by atoms with Crippen LogP contribution in [0, 0.1) is 11.6 Å². The van der Waals surface area contributed by atoms with E-state index in [-0.39, 0.29) is 36.0 Å². The Labute approximate surface area is 179 Å². The summed E-state index contributed by atoms with van der Waals surface area (Å²) in [6.45, 7) is 2.82. The van der Waals surface area contributed by atoms with Gasteiger partial charge in [0, 0.05) is 25.9 Å². The fourth-order valence-corrected chi connectivity index (χ4v) is 3.22. The Morgan fingerprint density at radius 1 is 1.10 bits per heavy atom. The topological polar surface area (TPSA) is 64.8 Å². The molecule has 0 fully saturated rings. The van der Waals surface area contributed by atoms with Gasteiger partial charge in [-0.05, 0) is 36.8 Å². The molecule has 8 heteroatoms. The SMILES string of the molecule is CCN(Cc1ccc(OC)c(OC)c1)C(=O)CCc1ncc(-c2c(F)cccc2F)o1. The number of nitrogens with zero attached hydrogens (tertiary/aromatic N) is 2. The van der Waals surface area contributed by atoms with E-state index in [1.165, 1.54) is 12.3 Å². The quantitative estimate of drug-likeness (QED) is 0.496. The molecule has 3 rings (SSSR count). The van der Waals surface area contributed by atoms with Crippen LogP contribution in [0.25, 0.3) is 11.3 Å². The number of amides is 1. The highest BCUT2D eigenvalue weighted by Crippen LogP contribution is 2.29. The molecule has 0 N–H and O–H groups in total. The van der Waals surface area contributed by atoms with Gasteiger partial charge in [-0.1, -0.05) is 12.1 Å². The lowest BCUT2D eigenvalue weighted by molar-refractivity contribution is -0.131. The average Bonchev–Trinajstić information content (AvgIpc) is 3.24. The zero-order valence-electron chi connectivity index (χ0n) is 17.7. The molecule has 31 heavy (non-hydrogen) atoms. The fourth-order valence-electron chi connectivity index (χ4n) is 3.22. The first-order valence-electron chi connectivity index (χ1n) is 9.84. The molecule has 3 aromatic rings. The number of aromatic nitrogens is 1. The summed E-state index contributed by atoms with van der Waals surface area (Å²) < 4.78 is 43.9. The Bertz CT molecular complexity index is 1030. The normalized spacial score (nSPS) is 10.7. The van der Waals surface area contributed by atoms with E-state index in [1.54, 1.807) is 25.2 Å². The van der Waals surface area contributed by atoms with Crippen molar-refractivity contribution in [3.63, 3.8) is 0 Å². The van der Waals surface area contributed by atoms with Crippen LogP contribution >= 0.6 is 0 Å². The maximum absolute atomic E-state index is 13.9. The standard InChI is InChI=1S/C23H24F2N2O4/c1-4-27(14-15-8-9-18(29-2)19(12-15)30-3)22(28)11-10-21-26-13-20(31-21)23-16(24)6-5-7-17(23)25/h5-9,12-13H,4,10-11,14H2,1-3H3. The molecule has 0 bridgehead atoms. The molecule has 0 radical (unpaired) electrons. The predicted octanol–water partition coefficient (Wildman–Crippen LogP) is 4.62. The summed E-state index contributed by atoms with van der Waals surface area (Å²) in [5, 5.41) is 0. The van der Waals surface area contributed by atoms with Gasteiger partial charge in [-0.2, -0.15) is 0 Å². The van der Waals surface area contributed by atoms with Gasteiger partial charge in [0.15, 0.2) is 23.1 Å². The van der Waals surface area contributed by atoms with Crippen molar-refractivity contribution >= 4 is 5.91 Å². The number of hydrogen-bond donors (Lipinski definition) is 0. The summed E-state index contributed by atoms with van der Waals surface area (Å²) in [5.41, 5.74) is 0.637. The molecule has 6 nitrogen and oxygen atoms in total. The van der Waals surface area contributed by atoms with E-state index in [1.807, 2.05) is 19.1 Å². The molecule has 0 aliphatic rings. The van der Waals surface area contributed by atoms with Crippen molar-refractivity contribution in [3.05, 3.63) is 65.7 Å². The van der Waals surface area contributed by atoms with Crippen LogP contribution in [0.5, 0.6) is 11.5 Å². The van der Waals surface area contributed by atoms with Crippen molar-refractivity contribution in [1.29, 1.82) is 0 Å². The van der Waals surface area contributed by atoms with Crippen LogP contribution in [-0.2, 0) is 17.8 Å². The van der Waals surface area contributed by atoms with E-state index in [0.717, 1.165) is 17.7 Å². The highest BCUT2D eigenvalue weighted by Gasteiger charge is 2.18. The maximum Gasteiger partial charge on any atom is 0.223 e. The van der Waals surface area contributed by atoms with Crippen LogP contribution in [0.15, 0.2) is 47.0 Å². The minimum absolute atomic E-state index is 0.00396. The van der Waals surface area contributed by atoms with Crippen LogP contribution in [0.2, 0.25) is 0 Å². The van der Waals surface area contributed by atoms with Crippen molar-refractivity contribution in [2.45, 2.75) is 26.3 Å². The Hall–Kier alpha value is -3.42. The number of methoxy groups -OCH3 is 2. The maximum atomic E-state index is 13.9. The van der Waals surface area contributed by atoms with Gasteiger partial charge in [-0.3, -0.25) is 4.79 Å². The summed E-state index contributed by atoms with van der Waals surface area (Å²) in [6, 6.07) is 9.08. The highest BCUT2D eigenvalue weighted by atomic mass is 19.1. The van der Waals surface area contributed by atoms with Gasteiger partial charge >= 0.3 is 0 Å². The van der Waals surface area contributed by atoms with Crippen molar-refractivity contribution in [1.82, 2.24) is 9.88 Å². The lowest BCUT2D eigenvalue weighted by Gasteiger charge is -2.21. The molecule has 1 heterocycles. The average molecular weight is 430 g/mol. The Morgan fingerprint density at radius 2 is 1.81 bits per heavy atom. The zero-order valence-corrected chi connectivity index (χ0v) is 17.7. The van der Waals surface area contributed by atoms with Crippen LogP contribution < -0.4 is 9.47 Å².